The number of hydrogen-bond acceptors (Lipinski definition) is 4. The molecule has 3 amide bonds. The van der Waals surface area contributed by atoms with Gasteiger partial charge in [-0.05, 0) is 41.8 Å². The average Bonchev–Trinajstić information content (AvgIpc) is 3.16. The van der Waals surface area contributed by atoms with Crippen LogP contribution in [0.1, 0.15) is 62.1 Å². The van der Waals surface area contributed by atoms with Gasteiger partial charge >= 0.3 is 6.03 Å². The zero-order chi connectivity index (χ0) is 19.8. The Labute approximate surface area is 165 Å². The molecule has 3 N–H and O–H groups in total. The fraction of sp³-hybridized carbons (Fsp3) is 0.429. The molecule has 1 aromatic carbocycles. The van der Waals surface area contributed by atoms with Gasteiger partial charge in [-0.15, -0.1) is 11.3 Å². The van der Waals surface area contributed by atoms with Crippen LogP contribution in [0.5, 0.6) is 0 Å². The summed E-state index contributed by atoms with van der Waals surface area (Å²) < 4.78 is 0. The number of urea groups is 1. The van der Waals surface area contributed by atoms with Crippen LogP contribution in [0, 0.1) is 0 Å². The molecule has 0 bridgehead atoms. The summed E-state index contributed by atoms with van der Waals surface area (Å²) in [5.41, 5.74) is 2.38. The number of benzene rings is 1. The van der Waals surface area contributed by atoms with Crippen LogP contribution < -0.4 is 16.0 Å². The quantitative estimate of drug-likeness (QED) is 0.636. The summed E-state index contributed by atoms with van der Waals surface area (Å²) in [6.45, 7) is 8.26. The van der Waals surface area contributed by atoms with Crippen LogP contribution in [-0.4, -0.2) is 24.5 Å². The van der Waals surface area contributed by atoms with E-state index in [2.05, 4.69) is 54.1 Å². The van der Waals surface area contributed by atoms with Crippen LogP contribution in [0.3, 0.4) is 0 Å². The normalized spacial score (nSPS) is 13.2. The summed E-state index contributed by atoms with van der Waals surface area (Å²) in [7, 11) is 0. The van der Waals surface area contributed by atoms with Crippen molar-refractivity contribution >= 4 is 23.3 Å². The van der Waals surface area contributed by atoms with Crippen molar-refractivity contribution in [3.8, 4) is 0 Å². The third-order valence-corrected chi connectivity index (χ3v) is 5.41. The second kappa shape index (κ2) is 10.2. The van der Waals surface area contributed by atoms with Crippen molar-refractivity contribution in [2.75, 3.05) is 6.54 Å². The van der Waals surface area contributed by atoms with Gasteiger partial charge < -0.3 is 5.32 Å². The van der Waals surface area contributed by atoms with Gasteiger partial charge in [0, 0.05) is 10.9 Å². The number of hydrogen-bond donors (Lipinski definition) is 3. The molecule has 0 aliphatic heterocycles. The molecule has 0 fully saturated rings. The number of carbonyl (C=O) groups is 2. The summed E-state index contributed by atoms with van der Waals surface area (Å²) in [5.74, 6) is 0.123. The Hall–Kier alpha value is -2.18. The summed E-state index contributed by atoms with van der Waals surface area (Å²) >= 11 is 1.64. The molecular weight excluding hydrogens is 358 g/mol. The van der Waals surface area contributed by atoms with E-state index < -0.39 is 6.03 Å². The molecule has 1 heterocycles. The van der Waals surface area contributed by atoms with Gasteiger partial charge in [-0.1, -0.05) is 51.1 Å². The van der Waals surface area contributed by atoms with Gasteiger partial charge in [-0.2, -0.15) is 0 Å². The number of carbonyl (C=O) groups excluding carboxylic acids is 2. The first-order chi connectivity index (χ1) is 12.9. The molecule has 1 aromatic heterocycles. The number of thiophene rings is 1. The highest BCUT2D eigenvalue weighted by atomic mass is 32.1. The van der Waals surface area contributed by atoms with E-state index in [9.17, 15) is 9.59 Å². The first-order valence-electron chi connectivity index (χ1n) is 9.37. The van der Waals surface area contributed by atoms with Crippen LogP contribution in [0.15, 0.2) is 41.8 Å². The second-order valence-corrected chi connectivity index (χ2v) is 7.96. The fourth-order valence-corrected chi connectivity index (χ4v) is 3.47. The van der Waals surface area contributed by atoms with E-state index in [-0.39, 0.29) is 24.5 Å². The van der Waals surface area contributed by atoms with Crippen LogP contribution >= 0.6 is 11.3 Å². The van der Waals surface area contributed by atoms with Crippen LogP contribution in [0.25, 0.3) is 0 Å². The van der Waals surface area contributed by atoms with Crippen molar-refractivity contribution in [1.29, 1.82) is 0 Å². The highest BCUT2D eigenvalue weighted by Gasteiger charge is 2.17. The van der Waals surface area contributed by atoms with E-state index in [1.54, 1.807) is 11.3 Å². The van der Waals surface area contributed by atoms with Crippen LogP contribution in [0.2, 0.25) is 0 Å². The van der Waals surface area contributed by atoms with Crippen molar-refractivity contribution in [3.63, 3.8) is 0 Å². The standard InChI is InChI=1S/C21H29N3O2S/c1-5-15(4)23-21(26)24-19(25)13-22-20(18-7-6-12-27-18)17-10-8-16(9-11-17)14(2)3/h6-12,14-15,20,22H,5,13H2,1-4H3,(H2,23,24,25,26)/t15-,20-/m1/s1. The van der Waals surface area contributed by atoms with E-state index in [0.29, 0.717) is 5.92 Å². The Morgan fingerprint density at radius 2 is 1.70 bits per heavy atom. The fourth-order valence-electron chi connectivity index (χ4n) is 2.64. The third kappa shape index (κ3) is 6.48. The predicted molar refractivity (Wildman–Crippen MR) is 111 cm³/mol. The minimum Gasteiger partial charge on any atom is -0.335 e. The van der Waals surface area contributed by atoms with Gasteiger partial charge in [-0.3, -0.25) is 15.4 Å². The zero-order valence-electron chi connectivity index (χ0n) is 16.4. The summed E-state index contributed by atoms with van der Waals surface area (Å²) in [4.78, 5) is 25.1. The molecule has 0 saturated heterocycles. The lowest BCUT2D eigenvalue weighted by molar-refractivity contribution is -0.119. The minimum atomic E-state index is -0.454. The summed E-state index contributed by atoms with van der Waals surface area (Å²) in [6.07, 6.45) is 0.812. The monoisotopic (exact) mass is 387 g/mol. The van der Waals surface area contributed by atoms with E-state index in [4.69, 9.17) is 0 Å². The van der Waals surface area contributed by atoms with Crippen molar-refractivity contribution in [2.24, 2.45) is 0 Å². The van der Waals surface area contributed by atoms with Gasteiger partial charge in [0.1, 0.15) is 0 Å². The first kappa shape index (κ1) is 21.1. The lowest BCUT2D eigenvalue weighted by atomic mass is 9.98. The molecule has 2 rings (SSSR count). The van der Waals surface area contributed by atoms with E-state index in [1.807, 2.05) is 31.4 Å². The highest BCUT2D eigenvalue weighted by molar-refractivity contribution is 7.10. The smallest absolute Gasteiger partial charge is 0.321 e. The molecule has 146 valence electrons. The second-order valence-electron chi connectivity index (χ2n) is 6.98. The number of nitrogens with one attached hydrogen (secondary N) is 3. The first-order valence-corrected chi connectivity index (χ1v) is 10.3. The molecule has 0 aliphatic carbocycles. The lowest BCUT2D eigenvalue weighted by Gasteiger charge is -2.19. The minimum absolute atomic E-state index is 0.0316. The molecule has 2 aromatic rings. The zero-order valence-corrected chi connectivity index (χ0v) is 17.2. The van der Waals surface area contributed by atoms with Gasteiger partial charge in [0.2, 0.25) is 5.91 Å². The number of rotatable bonds is 8. The molecule has 2 atom stereocenters. The molecule has 0 saturated carbocycles. The van der Waals surface area contributed by atoms with Gasteiger partial charge in [0.05, 0.1) is 12.6 Å². The molecule has 0 radical (unpaired) electrons. The largest absolute Gasteiger partial charge is 0.335 e. The molecule has 6 heteroatoms. The Kier molecular flexibility index (Phi) is 8.00. The van der Waals surface area contributed by atoms with Gasteiger partial charge in [0.15, 0.2) is 0 Å². The molecule has 0 spiro atoms. The predicted octanol–water partition coefficient (Wildman–Crippen LogP) is 4.17. The van der Waals surface area contributed by atoms with Gasteiger partial charge in [0.25, 0.3) is 0 Å². The molecular formula is C21H29N3O2S. The molecule has 0 aliphatic rings. The lowest BCUT2D eigenvalue weighted by Crippen LogP contribution is -2.46. The average molecular weight is 388 g/mol. The maximum absolute atomic E-state index is 12.1. The van der Waals surface area contributed by atoms with Gasteiger partial charge in [-0.25, -0.2) is 4.79 Å². The van der Waals surface area contributed by atoms with E-state index in [1.165, 1.54) is 5.56 Å². The van der Waals surface area contributed by atoms with Crippen molar-refractivity contribution in [2.45, 2.75) is 52.1 Å². The topological polar surface area (TPSA) is 70.2 Å². The molecule has 0 unspecified atom stereocenters. The van der Waals surface area contributed by atoms with Crippen LogP contribution in [-0.2, 0) is 4.79 Å². The third-order valence-electron chi connectivity index (χ3n) is 4.47. The summed E-state index contributed by atoms with van der Waals surface area (Å²) in [6, 6.07) is 12.0. The Morgan fingerprint density at radius 3 is 2.26 bits per heavy atom. The Bertz CT molecular complexity index is 726. The number of imide groups is 1. The van der Waals surface area contributed by atoms with Crippen LogP contribution in [0.4, 0.5) is 4.79 Å². The maximum atomic E-state index is 12.1. The highest BCUT2D eigenvalue weighted by Crippen LogP contribution is 2.27. The summed E-state index contributed by atoms with van der Waals surface area (Å²) in [5, 5.41) is 10.4. The number of amides is 3. The Balaban J connectivity index is 2.01. The van der Waals surface area contributed by atoms with Crippen molar-refractivity contribution in [1.82, 2.24) is 16.0 Å². The maximum Gasteiger partial charge on any atom is 0.321 e. The van der Waals surface area contributed by atoms with Crippen molar-refractivity contribution < 1.29 is 9.59 Å². The van der Waals surface area contributed by atoms with Crippen molar-refractivity contribution in [3.05, 3.63) is 57.8 Å². The molecule has 27 heavy (non-hydrogen) atoms. The van der Waals surface area contributed by atoms with E-state index >= 15 is 0 Å². The SMILES string of the molecule is CC[C@@H](C)NC(=O)NC(=O)CN[C@H](c1ccc(C(C)C)cc1)c1cccs1. The Morgan fingerprint density at radius 1 is 1.04 bits per heavy atom. The molecule has 5 nitrogen and oxygen atoms in total. The van der Waals surface area contributed by atoms with E-state index in [0.717, 1.165) is 16.9 Å².